The zero-order valence-electron chi connectivity index (χ0n) is 13.9. The van der Waals surface area contributed by atoms with Gasteiger partial charge in [0.25, 0.3) is 0 Å². The molecule has 1 N–H and O–H groups in total. The van der Waals surface area contributed by atoms with Crippen molar-refractivity contribution in [3.8, 4) is 11.3 Å². The molecular formula is C19H19N3OS. The number of rotatable bonds is 5. The Hall–Kier alpha value is -2.66. The van der Waals surface area contributed by atoms with Crippen LogP contribution in [0.5, 0.6) is 0 Å². The van der Waals surface area contributed by atoms with Crippen LogP contribution in [0.2, 0.25) is 0 Å². The quantitative estimate of drug-likeness (QED) is 0.678. The van der Waals surface area contributed by atoms with E-state index in [0.29, 0.717) is 5.56 Å². The molecule has 2 aromatic carbocycles. The van der Waals surface area contributed by atoms with Gasteiger partial charge in [0.15, 0.2) is 10.9 Å². The van der Waals surface area contributed by atoms with E-state index in [1.54, 1.807) is 18.3 Å². The highest BCUT2D eigenvalue weighted by atomic mass is 32.1. The van der Waals surface area contributed by atoms with Gasteiger partial charge in [-0.2, -0.15) is 0 Å². The molecule has 0 unspecified atom stereocenters. The molecule has 0 saturated heterocycles. The summed E-state index contributed by atoms with van der Waals surface area (Å²) in [6.07, 6.45) is 0. The van der Waals surface area contributed by atoms with E-state index < -0.39 is 0 Å². The van der Waals surface area contributed by atoms with Crippen LogP contribution in [0, 0.1) is 0 Å². The molecule has 24 heavy (non-hydrogen) atoms. The number of anilines is 3. The number of ketones is 1. The van der Waals surface area contributed by atoms with Crippen molar-refractivity contribution in [3.63, 3.8) is 0 Å². The largest absolute Gasteiger partial charge is 0.378 e. The summed E-state index contributed by atoms with van der Waals surface area (Å²) in [5.41, 5.74) is 4.79. The van der Waals surface area contributed by atoms with Gasteiger partial charge in [0.2, 0.25) is 0 Å². The predicted octanol–water partition coefficient (Wildman–Crippen LogP) is 4.82. The number of aromatic nitrogens is 1. The van der Waals surface area contributed by atoms with E-state index in [4.69, 9.17) is 0 Å². The van der Waals surface area contributed by atoms with Crippen molar-refractivity contribution < 1.29 is 4.79 Å². The lowest BCUT2D eigenvalue weighted by Gasteiger charge is -2.12. The molecule has 0 saturated carbocycles. The molecule has 0 aliphatic carbocycles. The van der Waals surface area contributed by atoms with E-state index >= 15 is 0 Å². The predicted molar refractivity (Wildman–Crippen MR) is 102 cm³/mol. The first kappa shape index (κ1) is 16.2. The molecule has 0 aliphatic heterocycles. The molecule has 0 radical (unpaired) electrons. The second kappa shape index (κ2) is 6.84. The van der Waals surface area contributed by atoms with Gasteiger partial charge >= 0.3 is 0 Å². The van der Waals surface area contributed by atoms with Gasteiger partial charge in [-0.05, 0) is 31.2 Å². The number of thiazole rings is 1. The van der Waals surface area contributed by atoms with E-state index in [-0.39, 0.29) is 5.78 Å². The highest BCUT2D eigenvalue weighted by Gasteiger charge is 2.06. The lowest BCUT2D eigenvalue weighted by atomic mass is 10.1. The Bertz CT molecular complexity index is 836. The summed E-state index contributed by atoms with van der Waals surface area (Å²) in [6.45, 7) is 1.57. The summed E-state index contributed by atoms with van der Waals surface area (Å²) in [5.74, 6) is 0.0726. The molecule has 1 aromatic heterocycles. The number of carbonyl (C=O) groups excluding carboxylic acids is 1. The SMILES string of the molecule is CC(=O)c1ccc(-c2csc(Nc3ccc(N(C)C)cc3)n2)cc1. The molecule has 122 valence electrons. The van der Waals surface area contributed by atoms with E-state index in [1.807, 2.05) is 55.9 Å². The Kier molecular flexibility index (Phi) is 4.62. The number of Topliss-reactive ketones (excluding diaryl/α,β-unsaturated/α-hetero) is 1. The van der Waals surface area contributed by atoms with Crippen molar-refractivity contribution in [2.75, 3.05) is 24.3 Å². The zero-order valence-corrected chi connectivity index (χ0v) is 14.7. The van der Waals surface area contributed by atoms with Crippen LogP contribution >= 0.6 is 11.3 Å². The van der Waals surface area contributed by atoms with Crippen molar-refractivity contribution in [1.29, 1.82) is 0 Å². The summed E-state index contributed by atoms with van der Waals surface area (Å²) < 4.78 is 0. The molecule has 0 atom stereocenters. The second-order valence-electron chi connectivity index (χ2n) is 5.74. The maximum absolute atomic E-state index is 11.3. The van der Waals surface area contributed by atoms with Gasteiger partial charge in [0.1, 0.15) is 0 Å². The Balaban J connectivity index is 1.74. The second-order valence-corrected chi connectivity index (χ2v) is 6.60. The van der Waals surface area contributed by atoms with Gasteiger partial charge in [-0.15, -0.1) is 11.3 Å². The molecule has 5 heteroatoms. The molecule has 1 heterocycles. The van der Waals surface area contributed by atoms with E-state index in [9.17, 15) is 4.79 Å². The number of benzene rings is 2. The molecule has 0 aliphatic rings. The Morgan fingerprint density at radius 1 is 1.04 bits per heavy atom. The lowest BCUT2D eigenvalue weighted by molar-refractivity contribution is 0.101. The van der Waals surface area contributed by atoms with Crippen LogP contribution in [0.3, 0.4) is 0 Å². The fraction of sp³-hybridized carbons (Fsp3) is 0.158. The van der Waals surface area contributed by atoms with Crippen LogP contribution < -0.4 is 10.2 Å². The van der Waals surface area contributed by atoms with Crippen molar-refractivity contribution in [2.24, 2.45) is 0 Å². The summed E-state index contributed by atoms with van der Waals surface area (Å²) in [5, 5.41) is 6.18. The van der Waals surface area contributed by atoms with E-state index in [0.717, 1.165) is 27.8 Å². The Morgan fingerprint density at radius 3 is 2.29 bits per heavy atom. The maximum atomic E-state index is 11.3. The summed E-state index contributed by atoms with van der Waals surface area (Å²) in [6, 6.07) is 15.8. The van der Waals surface area contributed by atoms with Crippen LogP contribution in [-0.2, 0) is 0 Å². The van der Waals surface area contributed by atoms with Gasteiger partial charge in [0, 0.05) is 42.0 Å². The normalized spacial score (nSPS) is 10.5. The van der Waals surface area contributed by atoms with Crippen LogP contribution in [0.1, 0.15) is 17.3 Å². The van der Waals surface area contributed by atoms with Crippen LogP contribution in [0.15, 0.2) is 53.9 Å². The maximum Gasteiger partial charge on any atom is 0.187 e. The Morgan fingerprint density at radius 2 is 1.71 bits per heavy atom. The molecule has 3 rings (SSSR count). The summed E-state index contributed by atoms with van der Waals surface area (Å²) in [7, 11) is 4.04. The third-order valence-corrected chi connectivity index (χ3v) is 4.48. The highest BCUT2D eigenvalue weighted by molar-refractivity contribution is 7.14. The van der Waals surface area contributed by atoms with Gasteiger partial charge < -0.3 is 10.2 Å². The van der Waals surface area contributed by atoms with Gasteiger partial charge in [0.05, 0.1) is 5.69 Å². The third-order valence-electron chi connectivity index (χ3n) is 3.73. The minimum absolute atomic E-state index is 0.0726. The monoisotopic (exact) mass is 337 g/mol. The van der Waals surface area contributed by atoms with E-state index in [2.05, 4.69) is 27.3 Å². The number of carbonyl (C=O) groups is 1. The molecule has 0 spiro atoms. The number of hydrogen-bond acceptors (Lipinski definition) is 5. The van der Waals surface area contributed by atoms with Crippen LogP contribution in [0.25, 0.3) is 11.3 Å². The molecule has 4 nitrogen and oxygen atoms in total. The van der Waals surface area contributed by atoms with Crippen molar-refractivity contribution in [1.82, 2.24) is 4.98 Å². The summed E-state index contributed by atoms with van der Waals surface area (Å²) in [4.78, 5) is 18.0. The first-order valence-electron chi connectivity index (χ1n) is 7.64. The van der Waals surface area contributed by atoms with Crippen molar-refractivity contribution >= 4 is 33.6 Å². The van der Waals surface area contributed by atoms with Crippen LogP contribution in [-0.4, -0.2) is 24.9 Å². The number of nitrogens with zero attached hydrogens (tertiary/aromatic N) is 2. The van der Waals surface area contributed by atoms with Gasteiger partial charge in [-0.25, -0.2) is 4.98 Å². The third kappa shape index (κ3) is 3.63. The van der Waals surface area contributed by atoms with Crippen molar-refractivity contribution in [3.05, 3.63) is 59.5 Å². The summed E-state index contributed by atoms with van der Waals surface area (Å²) >= 11 is 1.56. The molecular weight excluding hydrogens is 318 g/mol. The first-order valence-corrected chi connectivity index (χ1v) is 8.52. The average Bonchev–Trinajstić information content (AvgIpc) is 3.04. The van der Waals surface area contributed by atoms with Gasteiger partial charge in [-0.1, -0.05) is 24.3 Å². The van der Waals surface area contributed by atoms with Crippen LogP contribution in [0.4, 0.5) is 16.5 Å². The lowest BCUT2D eigenvalue weighted by Crippen LogP contribution is -2.08. The Labute approximate surface area is 145 Å². The fourth-order valence-corrected chi connectivity index (χ4v) is 3.05. The molecule has 0 fully saturated rings. The average molecular weight is 337 g/mol. The minimum atomic E-state index is 0.0726. The smallest absolute Gasteiger partial charge is 0.187 e. The van der Waals surface area contributed by atoms with Gasteiger partial charge in [-0.3, -0.25) is 4.79 Å². The highest BCUT2D eigenvalue weighted by Crippen LogP contribution is 2.28. The molecule has 0 amide bonds. The molecule has 3 aromatic rings. The first-order chi connectivity index (χ1) is 11.5. The topological polar surface area (TPSA) is 45.2 Å². The fourth-order valence-electron chi connectivity index (χ4n) is 2.31. The zero-order chi connectivity index (χ0) is 17.1. The van der Waals surface area contributed by atoms with E-state index in [1.165, 1.54) is 0 Å². The number of hydrogen-bond donors (Lipinski definition) is 1. The van der Waals surface area contributed by atoms with Crippen molar-refractivity contribution in [2.45, 2.75) is 6.92 Å². The number of nitrogens with one attached hydrogen (secondary N) is 1. The minimum Gasteiger partial charge on any atom is -0.378 e. The standard InChI is InChI=1S/C19H19N3OS/c1-13(23)14-4-6-15(7-5-14)18-12-24-19(21-18)20-16-8-10-17(11-9-16)22(2)3/h4-12H,1-3H3,(H,20,21). The molecule has 0 bridgehead atoms.